The molecule has 2 aromatic rings. The van der Waals surface area contributed by atoms with Crippen molar-refractivity contribution in [3.05, 3.63) is 59.7 Å². The van der Waals surface area contributed by atoms with E-state index in [1.165, 1.54) is 11.1 Å². The van der Waals surface area contributed by atoms with Crippen LogP contribution in [-0.4, -0.2) is 19.0 Å². The summed E-state index contributed by atoms with van der Waals surface area (Å²) in [5.74, 6) is 0.145. The minimum Gasteiger partial charge on any atom is -0.385 e. The first-order chi connectivity index (χ1) is 11.8. The molecule has 1 amide bonds. The van der Waals surface area contributed by atoms with Crippen LogP contribution in [0.15, 0.2) is 48.5 Å². The molecule has 0 heterocycles. The van der Waals surface area contributed by atoms with Crippen LogP contribution in [-0.2, 0) is 10.2 Å². The number of carbonyl (C=O) groups is 1. The van der Waals surface area contributed by atoms with Gasteiger partial charge in [0.05, 0.1) is 0 Å². The number of aryl methyl sites for hydroxylation is 1. The van der Waals surface area contributed by atoms with Crippen LogP contribution in [0.1, 0.15) is 45.2 Å². The predicted molar refractivity (Wildman–Crippen MR) is 107 cm³/mol. The van der Waals surface area contributed by atoms with Crippen molar-refractivity contribution < 1.29 is 4.79 Å². The highest BCUT2D eigenvalue weighted by Gasteiger charge is 2.14. The molecule has 2 rings (SSSR count). The molecular weight excluding hydrogens is 308 g/mol. The molecule has 0 aliphatic rings. The summed E-state index contributed by atoms with van der Waals surface area (Å²) < 4.78 is 0. The van der Waals surface area contributed by atoms with E-state index in [4.69, 9.17) is 0 Å². The van der Waals surface area contributed by atoms with Crippen molar-refractivity contribution in [1.82, 2.24) is 0 Å². The van der Waals surface area contributed by atoms with Crippen molar-refractivity contribution in [2.24, 2.45) is 0 Å². The summed E-state index contributed by atoms with van der Waals surface area (Å²) in [4.78, 5) is 14.4. The molecule has 0 saturated carbocycles. The number of rotatable bonds is 6. The van der Waals surface area contributed by atoms with E-state index >= 15 is 0 Å². The maximum atomic E-state index is 12.5. The third-order valence-corrected chi connectivity index (χ3v) is 4.35. The normalized spacial score (nSPS) is 11.2. The molecule has 0 saturated heterocycles. The Labute approximate surface area is 152 Å². The maximum Gasteiger partial charge on any atom is 0.228 e. The Morgan fingerprint density at radius 3 is 2.32 bits per heavy atom. The zero-order chi connectivity index (χ0) is 18.4. The lowest BCUT2D eigenvalue weighted by atomic mass is 9.87. The molecule has 0 aromatic heterocycles. The van der Waals surface area contributed by atoms with Gasteiger partial charge in [0.1, 0.15) is 0 Å². The zero-order valence-electron chi connectivity index (χ0n) is 16.1. The van der Waals surface area contributed by atoms with Crippen LogP contribution in [0.25, 0.3) is 0 Å². The second kappa shape index (κ2) is 8.19. The predicted octanol–water partition coefficient (Wildman–Crippen LogP) is 5.15. The van der Waals surface area contributed by atoms with Gasteiger partial charge in [0.15, 0.2) is 0 Å². The Morgan fingerprint density at radius 2 is 1.76 bits per heavy atom. The van der Waals surface area contributed by atoms with E-state index in [9.17, 15) is 4.79 Å². The monoisotopic (exact) mass is 338 g/mol. The van der Waals surface area contributed by atoms with Crippen LogP contribution >= 0.6 is 0 Å². The van der Waals surface area contributed by atoms with Crippen molar-refractivity contribution in [2.45, 2.75) is 46.5 Å². The SMILES string of the molecule is CCN(C(=O)CCNc1ccc(C(C)(C)C)cc1)c1cccc(C)c1. The highest BCUT2D eigenvalue weighted by atomic mass is 16.2. The van der Waals surface area contributed by atoms with Gasteiger partial charge in [-0.3, -0.25) is 4.79 Å². The largest absolute Gasteiger partial charge is 0.385 e. The van der Waals surface area contributed by atoms with Gasteiger partial charge in [0.2, 0.25) is 5.91 Å². The molecule has 134 valence electrons. The Hall–Kier alpha value is -2.29. The zero-order valence-corrected chi connectivity index (χ0v) is 16.1. The molecule has 0 unspecified atom stereocenters. The van der Waals surface area contributed by atoms with Crippen molar-refractivity contribution in [1.29, 1.82) is 0 Å². The summed E-state index contributed by atoms with van der Waals surface area (Å²) in [6.07, 6.45) is 0.475. The van der Waals surface area contributed by atoms with E-state index in [1.807, 2.05) is 36.9 Å². The first-order valence-corrected chi connectivity index (χ1v) is 9.02. The van der Waals surface area contributed by atoms with Crippen LogP contribution in [0.5, 0.6) is 0 Å². The molecule has 0 spiro atoms. The highest BCUT2D eigenvalue weighted by molar-refractivity contribution is 5.93. The first kappa shape index (κ1) is 19.0. The fraction of sp³-hybridized carbons (Fsp3) is 0.409. The Balaban J connectivity index is 1.91. The number of carbonyl (C=O) groups excluding carboxylic acids is 1. The van der Waals surface area contributed by atoms with E-state index in [0.717, 1.165) is 11.4 Å². The summed E-state index contributed by atoms with van der Waals surface area (Å²) in [5.41, 5.74) is 4.66. The summed E-state index contributed by atoms with van der Waals surface area (Å²) in [6, 6.07) is 16.6. The Morgan fingerprint density at radius 1 is 1.08 bits per heavy atom. The average Bonchev–Trinajstić information content (AvgIpc) is 2.55. The number of amides is 1. The smallest absolute Gasteiger partial charge is 0.228 e. The molecule has 3 nitrogen and oxygen atoms in total. The van der Waals surface area contributed by atoms with E-state index in [1.54, 1.807) is 0 Å². The van der Waals surface area contributed by atoms with Crippen molar-refractivity contribution in [3.63, 3.8) is 0 Å². The second-order valence-corrected chi connectivity index (χ2v) is 7.48. The van der Waals surface area contributed by atoms with Gasteiger partial charge in [-0.05, 0) is 54.7 Å². The summed E-state index contributed by atoms with van der Waals surface area (Å²) in [5, 5.41) is 3.35. The van der Waals surface area contributed by atoms with Gasteiger partial charge in [-0.1, -0.05) is 45.0 Å². The third-order valence-electron chi connectivity index (χ3n) is 4.35. The van der Waals surface area contributed by atoms with Gasteiger partial charge in [0.25, 0.3) is 0 Å². The summed E-state index contributed by atoms with van der Waals surface area (Å²) in [6.45, 7) is 12.0. The quantitative estimate of drug-likeness (QED) is 0.790. The van der Waals surface area contributed by atoms with E-state index in [2.05, 4.69) is 56.4 Å². The van der Waals surface area contributed by atoms with Crippen molar-refractivity contribution in [3.8, 4) is 0 Å². The van der Waals surface area contributed by atoms with Gasteiger partial charge >= 0.3 is 0 Å². The Kier molecular flexibility index (Phi) is 6.24. The minimum atomic E-state index is 0.145. The molecule has 0 bridgehead atoms. The number of hydrogen-bond donors (Lipinski definition) is 1. The fourth-order valence-electron chi connectivity index (χ4n) is 2.84. The highest BCUT2D eigenvalue weighted by Crippen LogP contribution is 2.23. The van der Waals surface area contributed by atoms with Gasteiger partial charge in [0, 0.05) is 30.9 Å². The van der Waals surface area contributed by atoms with E-state index < -0.39 is 0 Å². The third kappa shape index (κ3) is 5.35. The average molecular weight is 338 g/mol. The van der Waals surface area contributed by atoms with Gasteiger partial charge in [-0.2, -0.15) is 0 Å². The first-order valence-electron chi connectivity index (χ1n) is 9.02. The van der Waals surface area contributed by atoms with Crippen LogP contribution in [0.4, 0.5) is 11.4 Å². The molecule has 0 fully saturated rings. The number of hydrogen-bond acceptors (Lipinski definition) is 2. The van der Waals surface area contributed by atoms with Gasteiger partial charge < -0.3 is 10.2 Å². The standard InChI is InChI=1S/C22H30N2O/c1-6-24(20-9-7-8-17(2)16-20)21(25)14-15-23-19-12-10-18(11-13-19)22(3,4)5/h7-13,16,23H,6,14-15H2,1-5H3. The summed E-state index contributed by atoms with van der Waals surface area (Å²) >= 11 is 0. The van der Waals surface area contributed by atoms with Crippen molar-refractivity contribution >= 4 is 17.3 Å². The van der Waals surface area contributed by atoms with Crippen LogP contribution in [0.2, 0.25) is 0 Å². The lowest BCUT2D eigenvalue weighted by Crippen LogP contribution is -2.31. The van der Waals surface area contributed by atoms with Gasteiger partial charge in [-0.15, -0.1) is 0 Å². The van der Waals surface area contributed by atoms with Crippen molar-refractivity contribution in [2.75, 3.05) is 23.3 Å². The fourth-order valence-corrected chi connectivity index (χ4v) is 2.84. The van der Waals surface area contributed by atoms with E-state index in [0.29, 0.717) is 19.5 Å². The topological polar surface area (TPSA) is 32.3 Å². The Bertz CT molecular complexity index is 699. The van der Waals surface area contributed by atoms with E-state index in [-0.39, 0.29) is 11.3 Å². The lowest BCUT2D eigenvalue weighted by molar-refractivity contribution is -0.118. The van der Waals surface area contributed by atoms with Crippen LogP contribution in [0, 0.1) is 6.92 Å². The van der Waals surface area contributed by atoms with Crippen LogP contribution < -0.4 is 10.2 Å². The van der Waals surface area contributed by atoms with Crippen LogP contribution in [0.3, 0.4) is 0 Å². The molecule has 3 heteroatoms. The molecule has 0 aliphatic carbocycles. The number of benzene rings is 2. The number of anilines is 2. The molecular formula is C22H30N2O. The number of nitrogens with zero attached hydrogens (tertiary/aromatic N) is 1. The molecule has 0 radical (unpaired) electrons. The van der Waals surface area contributed by atoms with Gasteiger partial charge in [-0.25, -0.2) is 0 Å². The molecule has 0 aliphatic heterocycles. The lowest BCUT2D eigenvalue weighted by Gasteiger charge is -2.22. The minimum absolute atomic E-state index is 0.145. The maximum absolute atomic E-state index is 12.5. The molecule has 0 atom stereocenters. The number of nitrogens with one attached hydrogen (secondary N) is 1. The molecule has 2 aromatic carbocycles. The summed E-state index contributed by atoms with van der Waals surface area (Å²) in [7, 11) is 0. The molecule has 1 N–H and O–H groups in total. The molecule has 25 heavy (non-hydrogen) atoms. The second-order valence-electron chi connectivity index (χ2n) is 7.48.